The van der Waals surface area contributed by atoms with E-state index in [1.165, 1.54) is 66.6 Å². The van der Waals surface area contributed by atoms with Gasteiger partial charge in [-0.3, -0.25) is 0 Å². The Labute approximate surface area is 258 Å². The molecule has 0 unspecified atom stereocenters. The number of hydrogen-bond acceptors (Lipinski definition) is 1. The lowest BCUT2D eigenvalue weighted by atomic mass is 9.97. The number of benzene rings is 6. The van der Waals surface area contributed by atoms with E-state index >= 15 is 0 Å². The van der Waals surface area contributed by atoms with Crippen LogP contribution < -0.4 is 5.32 Å². The van der Waals surface area contributed by atoms with E-state index < -0.39 is 0 Å². The highest BCUT2D eigenvalue weighted by atomic mass is 15.0. The predicted molar refractivity (Wildman–Crippen MR) is 187 cm³/mol. The normalized spacial score (nSPS) is 12.9. The Morgan fingerprint density at radius 3 is 2.09 bits per heavy atom. The maximum atomic E-state index is 3.69. The standard InChI is InChI=1S/C42H32N2/c1-3-13-30(14-4-1)32-16-12-20-36(28-32)44-41-24-10-8-22-38(41)39-29-33(25-26-42(39)44)31-15-11-17-34(27-31)37-21-7-9-23-40(37)43-35-18-5-2-6-19-35/h1-5,7-18,20-29,43H,6,19H2. The first-order valence-corrected chi connectivity index (χ1v) is 15.3. The van der Waals surface area contributed by atoms with Gasteiger partial charge >= 0.3 is 0 Å². The van der Waals surface area contributed by atoms with Crippen molar-refractivity contribution in [2.24, 2.45) is 0 Å². The summed E-state index contributed by atoms with van der Waals surface area (Å²) in [6.45, 7) is 0. The van der Waals surface area contributed by atoms with Crippen molar-refractivity contribution < 1.29 is 0 Å². The third-order valence-corrected chi connectivity index (χ3v) is 8.63. The maximum Gasteiger partial charge on any atom is 0.0541 e. The maximum absolute atomic E-state index is 3.69. The van der Waals surface area contributed by atoms with E-state index in [1.807, 2.05) is 0 Å². The van der Waals surface area contributed by atoms with Crippen LogP contribution in [0.4, 0.5) is 5.69 Å². The molecular formula is C42H32N2. The van der Waals surface area contributed by atoms with Crippen LogP contribution in [0.2, 0.25) is 0 Å². The fourth-order valence-corrected chi connectivity index (χ4v) is 6.48. The van der Waals surface area contributed by atoms with Crippen LogP contribution in [0.25, 0.3) is 60.9 Å². The van der Waals surface area contributed by atoms with Crippen LogP contribution in [0.15, 0.2) is 170 Å². The smallest absolute Gasteiger partial charge is 0.0541 e. The molecule has 0 atom stereocenters. The quantitative estimate of drug-likeness (QED) is 0.213. The van der Waals surface area contributed by atoms with Crippen LogP contribution in [-0.4, -0.2) is 4.57 Å². The first kappa shape index (κ1) is 26.1. The zero-order chi connectivity index (χ0) is 29.3. The second kappa shape index (κ2) is 11.2. The molecular weight excluding hydrogens is 532 g/mol. The van der Waals surface area contributed by atoms with Crippen LogP contribution in [0.1, 0.15) is 12.8 Å². The van der Waals surface area contributed by atoms with Crippen molar-refractivity contribution in [3.05, 3.63) is 170 Å². The van der Waals surface area contributed by atoms with Crippen LogP contribution >= 0.6 is 0 Å². The third-order valence-electron chi connectivity index (χ3n) is 8.63. The number of nitrogens with one attached hydrogen (secondary N) is 1. The molecule has 0 bridgehead atoms. The summed E-state index contributed by atoms with van der Waals surface area (Å²) in [6, 6.07) is 52.6. The largest absolute Gasteiger partial charge is 0.358 e. The monoisotopic (exact) mass is 564 g/mol. The van der Waals surface area contributed by atoms with Gasteiger partial charge in [0, 0.05) is 33.4 Å². The molecule has 1 heterocycles. The van der Waals surface area contributed by atoms with Gasteiger partial charge in [0.15, 0.2) is 0 Å². The molecule has 2 nitrogen and oxygen atoms in total. The lowest BCUT2D eigenvalue weighted by Gasteiger charge is -2.16. The molecule has 0 radical (unpaired) electrons. The van der Waals surface area contributed by atoms with Crippen LogP contribution in [0.5, 0.6) is 0 Å². The average Bonchev–Trinajstić information content (AvgIpc) is 3.43. The van der Waals surface area contributed by atoms with E-state index in [1.54, 1.807) is 0 Å². The van der Waals surface area contributed by atoms with Crippen molar-refractivity contribution in [1.82, 2.24) is 4.57 Å². The van der Waals surface area contributed by atoms with Crippen LogP contribution in [-0.2, 0) is 0 Å². The highest BCUT2D eigenvalue weighted by Gasteiger charge is 2.15. The summed E-state index contributed by atoms with van der Waals surface area (Å²) in [6.07, 6.45) is 8.65. The van der Waals surface area contributed by atoms with Crippen molar-refractivity contribution >= 4 is 27.5 Å². The first-order valence-electron chi connectivity index (χ1n) is 15.3. The molecule has 0 fully saturated rings. The lowest BCUT2D eigenvalue weighted by molar-refractivity contribution is 0.967. The molecule has 0 aliphatic heterocycles. The molecule has 0 saturated heterocycles. The number of hydrogen-bond donors (Lipinski definition) is 1. The van der Waals surface area contributed by atoms with Crippen molar-refractivity contribution in [1.29, 1.82) is 0 Å². The van der Waals surface area contributed by atoms with Crippen LogP contribution in [0.3, 0.4) is 0 Å². The summed E-state index contributed by atoms with van der Waals surface area (Å²) in [4.78, 5) is 0. The first-order chi connectivity index (χ1) is 21.8. The molecule has 1 aliphatic carbocycles. The number of nitrogens with zero attached hydrogens (tertiary/aromatic N) is 1. The van der Waals surface area contributed by atoms with Crippen molar-refractivity contribution in [2.75, 3.05) is 5.32 Å². The summed E-state index contributed by atoms with van der Waals surface area (Å²) in [5.74, 6) is 0. The minimum Gasteiger partial charge on any atom is -0.358 e. The fraction of sp³-hybridized carbons (Fsp3) is 0.0476. The van der Waals surface area contributed by atoms with Crippen molar-refractivity contribution in [3.63, 3.8) is 0 Å². The van der Waals surface area contributed by atoms with E-state index in [4.69, 9.17) is 0 Å². The minimum atomic E-state index is 1.04. The second-order valence-electron chi connectivity index (χ2n) is 11.4. The Balaban J connectivity index is 1.22. The number of allylic oxidation sites excluding steroid dienone is 4. The molecule has 210 valence electrons. The molecule has 1 aromatic heterocycles. The highest BCUT2D eigenvalue weighted by molar-refractivity contribution is 6.10. The Morgan fingerprint density at radius 1 is 0.500 bits per heavy atom. The predicted octanol–water partition coefficient (Wildman–Crippen LogP) is 11.4. The average molecular weight is 565 g/mol. The van der Waals surface area contributed by atoms with Gasteiger partial charge < -0.3 is 9.88 Å². The van der Waals surface area contributed by atoms with E-state index in [-0.39, 0.29) is 0 Å². The van der Waals surface area contributed by atoms with Gasteiger partial charge in [0.25, 0.3) is 0 Å². The summed E-state index contributed by atoms with van der Waals surface area (Å²) >= 11 is 0. The van der Waals surface area contributed by atoms with E-state index in [2.05, 4.69) is 174 Å². The summed E-state index contributed by atoms with van der Waals surface area (Å²) < 4.78 is 2.40. The second-order valence-corrected chi connectivity index (χ2v) is 11.4. The molecule has 44 heavy (non-hydrogen) atoms. The Morgan fingerprint density at radius 2 is 1.20 bits per heavy atom. The topological polar surface area (TPSA) is 17.0 Å². The zero-order valence-corrected chi connectivity index (χ0v) is 24.4. The SMILES string of the molecule is C1=CCCC(Nc2ccccc2-c2cccc(-c3ccc4c(c3)c3ccccc3n4-c3cccc(-c4ccccc4)c3)c2)=C1. The summed E-state index contributed by atoms with van der Waals surface area (Å²) in [7, 11) is 0. The van der Waals surface area contributed by atoms with Gasteiger partial charge in [-0.05, 0) is 89.2 Å². The van der Waals surface area contributed by atoms with Crippen molar-refractivity contribution in [3.8, 4) is 39.1 Å². The Kier molecular flexibility index (Phi) is 6.66. The van der Waals surface area contributed by atoms with Gasteiger partial charge in [0.05, 0.1) is 11.0 Å². The molecule has 0 spiro atoms. The summed E-state index contributed by atoms with van der Waals surface area (Å²) in [5.41, 5.74) is 13.3. The molecule has 7 aromatic rings. The molecule has 0 amide bonds. The minimum absolute atomic E-state index is 1.04. The van der Waals surface area contributed by atoms with Gasteiger partial charge in [-0.15, -0.1) is 0 Å². The molecule has 1 aliphatic rings. The van der Waals surface area contributed by atoms with Gasteiger partial charge in [-0.2, -0.15) is 0 Å². The number of fused-ring (bicyclic) bond motifs is 3. The van der Waals surface area contributed by atoms with Gasteiger partial charge in [-0.25, -0.2) is 0 Å². The molecule has 6 aromatic carbocycles. The zero-order valence-electron chi connectivity index (χ0n) is 24.4. The summed E-state index contributed by atoms with van der Waals surface area (Å²) in [5, 5.41) is 6.21. The van der Waals surface area contributed by atoms with Gasteiger partial charge in [0.1, 0.15) is 0 Å². The Hall–Kier alpha value is -5.60. The molecule has 2 heteroatoms. The molecule has 1 N–H and O–H groups in total. The van der Waals surface area contributed by atoms with E-state index in [9.17, 15) is 0 Å². The number of aromatic nitrogens is 1. The number of anilines is 1. The number of rotatable bonds is 6. The fourth-order valence-electron chi connectivity index (χ4n) is 6.48. The van der Waals surface area contributed by atoms with E-state index in [0.29, 0.717) is 0 Å². The van der Waals surface area contributed by atoms with Crippen molar-refractivity contribution in [2.45, 2.75) is 12.8 Å². The molecule has 8 rings (SSSR count). The third kappa shape index (κ3) is 4.81. The Bertz CT molecular complexity index is 2200. The number of para-hydroxylation sites is 2. The molecule has 0 saturated carbocycles. The lowest BCUT2D eigenvalue weighted by Crippen LogP contribution is -2.02. The van der Waals surface area contributed by atoms with Gasteiger partial charge in [-0.1, -0.05) is 115 Å². The highest BCUT2D eigenvalue weighted by Crippen LogP contribution is 2.37. The van der Waals surface area contributed by atoms with Crippen LogP contribution in [0, 0.1) is 0 Å². The van der Waals surface area contributed by atoms with E-state index in [0.717, 1.165) is 18.5 Å². The van der Waals surface area contributed by atoms with Gasteiger partial charge in [0.2, 0.25) is 0 Å².